The minimum absolute atomic E-state index is 0.0237. The zero-order chi connectivity index (χ0) is 16.6. The molecule has 0 aromatic heterocycles. The number of carboxylic acid groups (broad SMARTS) is 1. The van der Waals surface area contributed by atoms with E-state index in [1.165, 1.54) is 0 Å². The van der Waals surface area contributed by atoms with Crippen LogP contribution in [0.15, 0.2) is 0 Å². The molecule has 1 N–H and O–H groups in total. The molecule has 3 aliphatic rings. The van der Waals surface area contributed by atoms with E-state index in [0.29, 0.717) is 50.7 Å². The zero-order valence-electron chi connectivity index (χ0n) is 13.8. The molecule has 4 unspecified atom stereocenters. The Labute approximate surface area is 136 Å². The standard InChI is InChI=1S/C17H26O6/c1-9(2)12-7-21-15-13(8-22-14(12)15)23-17(20)11-5-3-10(4-6-11)16(18)19/h9-15H,3-8H2,1-2H3,(H,18,19). The van der Waals surface area contributed by atoms with Crippen LogP contribution in [0.25, 0.3) is 0 Å². The molecule has 0 amide bonds. The quantitative estimate of drug-likeness (QED) is 0.794. The Morgan fingerprint density at radius 2 is 1.61 bits per heavy atom. The van der Waals surface area contributed by atoms with Crippen molar-refractivity contribution in [3.05, 3.63) is 0 Å². The Kier molecular flexibility index (Phi) is 4.92. The molecule has 2 heterocycles. The second-order valence-corrected chi connectivity index (χ2v) is 7.37. The van der Waals surface area contributed by atoms with Crippen LogP contribution in [0.3, 0.4) is 0 Å². The highest BCUT2D eigenvalue weighted by Crippen LogP contribution is 2.37. The molecule has 23 heavy (non-hydrogen) atoms. The van der Waals surface area contributed by atoms with E-state index in [4.69, 9.17) is 19.3 Å². The van der Waals surface area contributed by atoms with Crippen LogP contribution < -0.4 is 0 Å². The van der Waals surface area contributed by atoms with Gasteiger partial charge in [0.05, 0.1) is 31.2 Å². The largest absolute Gasteiger partial charge is 0.481 e. The van der Waals surface area contributed by atoms with Crippen molar-refractivity contribution in [3.8, 4) is 0 Å². The number of carboxylic acids is 1. The monoisotopic (exact) mass is 326 g/mol. The summed E-state index contributed by atoms with van der Waals surface area (Å²) < 4.78 is 17.3. The fourth-order valence-electron chi connectivity index (χ4n) is 3.99. The van der Waals surface area contributed by atoms with Crippen molar-refractivity contribution < 1.29 is 28.9 Å². The minimum Gasteiger partial charge on any atom is -0.481 e. The summed E-state index contributed by atoms with van der Waals surface area (Å²) in [6, 6.07) is 0. The first-order chi connectivity index (χ1) is 11.0. The van der Waals surface area contributed by atoms with Crippen LogP contribution in [0, 0.1) is 23.7 Å². The van der Waals surface area contributed by atoms with Gasteiger partial charge in [0.15, 0.2) is 6.10 Å². The number of aliphatic carboxylic acids is 1. The lowest BCUT2D eigenvalue weighted by Crippen LogP contribution is -2.36. The third kappa shape index (κ3) is 3.38. The molecule has 0 spiro atoms. The Hall–Kier alpha value is -1.14. The zero-order valence-corrected chi connectivity index (χ0v) is 13.8. The summed E-state index contributed by atoms with van der Waals surface area (Å²) >= 11 is 0. The molecule has 4 atom stereocenters. The van der Waals surface area contributed by atoms with E-state index in [0.717, 1.165) is 0 Å². The van der Waals surface area contributed by atoms with E-state index in [2.05, 4.69) is 13.8 Å². The van der Waals surface area contributed by atoms with E-state index >= 15 is 0 Å². The summed E-state index contributed by atoms with van der Waals surface area (Å²) in [6.07, 6.45) is 1.83. The molecule has 0 aromatic carbocycles. The second kappa shape index (κ2) is 6.77. The lowest BCUT2D eigenvalue weighted by molar-refractivity contribution is -0.161. The molecular formula is C17H26O6. The maximum absolute atomic E-state index is 12.4. The number of rotatable bonds is 4. The molecule has 6 heteroatoms. The SMILES string of the molecule is CC(C)C1COC2C(OC(=O)C3CCC(C(=O)O)CC3)COC12. The van der Waals surface area contributed by atoms with Crippen molar-refractivity contribution in [3.63, 3.8) is 0 Å². The smallest absolute Gasteiger partial charge is 0.309 e. The van der Waals surface area contributed by atoms with E-state index in [9.17, 15) is 9.59 Å². The van der Waals surface area contributed by atoms with Crippen molar-refractivity contribution in [1.29, 1.82) is 0 Å². The van der Waals surface area contributed by atoms with Crippen molar-refractivity contribution >= 4 is 11.9 Å². The lowest BCUT2D eigenvalue weighted by Gasteiger charge is -2.26. The number of hydrogen-bond donors (Lipinski definition) is 1. The molecule has 0 bridgehead atoms. The maximum Gasteiger partial charge on any atom is 0.309 e. The van der Waals surface area contributed by atoms with Crippen LogP contribution in [0.2, 0.25) is 0 Å². The van der Waals surface area contributed by atoms with Gasteiger partial charge in [-0.1, -0.05) is 13.8 Å². The topological polar surface area (TPSA) is 82.1 Å². The third-order valence-corrected chi connectivity index (χ3v) is 5.58. The highest BCUT2D eigenvalue weighted by Gasteiger charge is 2.50. The number of carbonyl (C=O) groups is 2. The molecule has 3 fully saturated rings. The highest BCUT2D eigenvalue weighted by molar-refractivity contribution is 5.74. The van der Waals surface area contributed by atoms with Crippen LogP contribution >= 0.6 is 0 Å². The van der Waals surface area contributed by atoms with Crippen molar-refractivity contribution in [2.75, 3.05) is 13.2 Å². The molecule has 1 saturated carbocycles. The fourth-order valence-corrected chi connectivity index (χ4v) is 3.99. The summed E-state index contributed by atoms with van der Waals surface area (Å²) in [6.45, 7) is 5.36. The van der Waals surface area contributed by atoms with Crippen molar-refractivity contribution in [2.45, 2.75) is 57.8 Å². The second-order valence-electron chi connectivity index (χ2n) is 7.37. The van der Waals surface area contributed by atoms with Gasteiger partial charge < -0.3 is 19.3 Å². The number of esters is 1. The van der Waals surface area contributed by atoms with Gasteiger partial charge in [0, 0.05) is 5.92 Å². The summed E-state index contributed by atoms with van der Waals surface area (Å²) in [5.74, 6) is -0.654. The van der Waals surface area contributed by atoms with E-state index < -0.39 is 5.97 Å². The lowest BCUT2D eigenvalue weighted by atomic mass is 9.82. The first-order valence-electron chi connectivity index (χ1n) is 8.64. The molecule has 0 aromatic rings. The van der Waals surface area contributed by atoms with Crippen LogP contribution in [-0.4, -0.2) is 48.6 Å². The van der Waals surface area contributed by atoms with Gasteiger partial charge in [-0.2, -0.15) is 0 Å². The molecule has 1 aliphatic carbocycles. The summed E-state index contributed by atoms with van der Waals surface area (Å²) in [5, 5.41) is 9.02. The van der Waals surface area contributed by atoms with Gasteiger partial charge in [-0.3, -0.25) is 9.59 Å². The Morgan fingerprint density at radius 1 is 1.00 bits per heavy atom. The molecule has 2 saturated heterocycles. The van der Waals surface area contributed by atoms with Crippen molar-refractivity contribution in [2.24, 2.45) is 23.7 Å². The van der Waals surface area contributed by atoms with Gasteiger partial charge in [0.25, 0.3) is 0 Å². The third-order valence-electron chi connectivity index (χ3n) is 5.58. The Morgan fingerprint density at radius 3 is 2.22 bits per heavy atom. The molecule has 0 radical (unpaired) electrons. The molecular weight excluding hydrogens is 300 g/mol. The highest BCUT2D eigenvalue weighted by atomic mass is 16.6. The number of hydrogen-bond acceptors (Lipinski definition) is 5. The molecule has 3 rings (SSSR count). The van der Waals surface area contributed by atoms with Crippen LogP contribution in [0.5, 0.6) is 0 Å². The summed E-state index contributed by atoms with van der Waals surface area (Å²) in [4.78, 5) is 23.3. The van der Waals surface area contributed by atoms with Crippen LogP contribution in [0.4, 0.5) is 0 Å². The van der Waals surface area contributed by atoms with Gasteiger partial charge >= 0.3 is 11.9 Å². The normalized spacial score (nSPS) is 40.1. The predicted molar refractivity (Wildman–Crippen MR) is 80.8 cm³/mol. The number of carbonyl (C=O) groups excluding carboxylic acids is 1. The minimum atomic E-state index is -0.761. The van der Waals surface area contributed by atoms with Crippen LogP contribution in [0.1, 0.15) is 39.5 Å². The van der Waals surface area contributed by atoms with Crippen molar-refractivity contribution in [1.82, 2.24) is 0 Å². The molecule has 130 valence electrons. The van der Waals surface area contributed by atoms with Crippen LogP contribution in [-0.2, 0) is 23.8 Å². The summed E-state index contributed by atoms with van der Waals surface area (Å²) in [7, 11) is 0. The van der Waals surface area contributed by atoms with Gasteiger partial charge in [0.1, 0.15) is 6.10 Å². The number of ether oxygens (including phenoxy) is 3. The fraction of sp³-hybridized carbons (Fsp3) is 0.882. The van der Waals surface area contributed by atoms with E-state index in [1.54, 1.807) is 0 Å². The van der Waals surface area contributed by atoms with Gasteiger partial charge in [0.2, 0.25) is 0 Å². The van der Waals surface area contributed by atoms with Gasteiger partial charge in [-0.05, 0) is 31.6 Å². The maximum atomic E-state index is 12.4. The first kappa shape index (κ1) is 16.7. The average molecular weight is 326 g/mol. The number of fused-ring (bicyclic) bond motifs is 1. The average Bonchev–Trinajstić information content (AvgIpc) is 3.10. The first-order valence-corrected chi connectivity index (χ1v) is 8.64. The van der Waals surface area contributed by atoms with E-state index in [1.807, 2.05) is 0 Å². The van der Waals surface area contributed by atoms with E-state index in [-0.39, 0.29) is 36.1 Å². The predicted octanol–water partition coefficient (Wildman–Crippen LogP) is 1.86. The van der Waals surface area contributed by atoms with Gasteiger partial charge in [-0.25, -0.2) is 0 Å². The Balaban J connectivity index is 1.51. The Bertz CT molecular complexity index is 454. The summed E-state index contributed by atoms with van der Waals surface area (Å²) in [5.41, 5.74) is 0. The molecule has 2 aliphatic heterocycles. The van der Waals surface area contributed by atoms with Gasteiger partial charge in [-0.15, -0.1) is 0 Å². The molecule has 6 nitrogen and oxygen atoms in total.